The molecule has 1 unspecified atom stereocenters. The van der Waals surface area contributed by atoms with Crippen LogP contribution < -0.4 is 11.3 Å². The van der Waals surface area contributed by atoms with Gasteiger partial charge in [-0.2, -0.15) is 0 Å². The van der Waals surface area contributed by atoms with E-state index in [0.29, 0.717) is 6.04 Å². The fourth-order valence-corrected chi connectivity index (χ4v) is 1.29. The summed E-state index contributed by atoms with van der Waals surface area (Å²) in [5.74, 6) is 5.42. The highest BCUT2D eigenvalue weighted by atomic mass is 16.5. The summed E-state index contributed by atoms with van der Waals surface area (Å²) >= 11 is 0. The van der Waals surface area contributed by atoms with Gasteiger partial charge >= 0.3 is 0 Å². The molecule has 0 bridgehead atoms. The predicted octanol–water partition coefficient (Wildman–Crippen LogP) is 1.60. The Morgan fingerprint density at radius 2 is 2.15 bits per heavy atom. The van der Waals surface area contributed by atoms with Crippen LogP contribution in [0.2, 0.25) is 0 Å². The fourth-order valence-electron chi connectivity index (χ4n) is 1.29. The molecule has 0 aliphatic heterocycles. The maximum absolute atomic E-state index is 5.42. The molecule has 0 amide bonds. The average Bonchev–Trinajstić information content (AvgIpc) is 2.16. The molecule has 0 aromatic carbocycles. The molecule has 0 heterocycles. The summed E-state index contributed by atoms with van der Waals surface area (Å²) in [4.78, 5) is 0. The summed E-state index contributed by atoms with van der Waals surface area (Å²) in [5, 5.41) is 0. The number of methoxy groups -OCH3 is 1. The van der Waals surface area contributed by atoms with Crippen LogP contribution in [0.25, 0.3) is 0 Å². The van der Waals surface area contributed by atoms with Crippen LogP contribution in [0.4, 0.5) is 0 Å². The van der Waals surface area contributed by atoms with Crippen molar-refractivity contribution in [3.63, 3.8) is 0 Å². The molecule has 0 aliphatic carbocycles. The van der Waals surface area contributed by atoms with E-state index in [1.54, 1.807) is 7.11 Å². The minimum atomic E-state index is 0.426. The quantitative estimate of drug-likeness (QED) is 0.249. The van der Waals surface area contributed by atoms with Gasteiger partial charge in [-0.1, -0.05) is 6.08 Å². The Bertz CT molecular complexity index is 117. The van der Waals surface area contributed by atoms with Gasteiger partial charge in [0.15, 0.2) is 0 Å². The zero-order valence-electron chi connectivity index (χ0n) is 8.59. The standard InChI is InChI=1S/C10H22N2O/c1-3-4-5-7-10(12-11)8-6-9-13-2/h3,10,12H,1,4-9,11H2,2H3. The van der Waals surface area contributed by atoms with Crippen LogP contribution >= 0.6 is 0 Å². The molecule has 0 spiro atoms. The molecule has 0 aliphatic rings. The zero-order valence-corrected chi connectivity index (χ0v) is 8.59. The van der Waals surface area contributed by atoms with Gasteiger partial charge in [0.2, 0.25) is 0 Å². The molecule has 1 atom stereocenters. The summed E-state index contributed by atoms with van der Waals surface area (Å²) in [5.41, 5.74) is 2.83. The predicted molar refractivity (Wildman–Crippen MR) is 56.3 cm³/mol. The molecule has 0 fully saturated rings. The molecule has 3 N–H and O–H groups in total. The second kappa shape index (κ2) is 9.71. The summed E-state index contributed by atoms with van der Waals surface area (Å²) < 4.78 is 4.98. The first kappa shape index (κ1) is 12.6. The third kappa shape index (κ3) is 7.96. The van der Waals surface area contributed by atoms with Crippen LogP contribution in [0, 0.1) is 0 Å². The van der Waals surface area contributed by atoms with Gasteiger partial charge in [-0.05, 0) is 32.1 Å². The first-order valence-electron chi connectivity index (χ1n) is 4.91. The molecule has 0 radical (unpaired) electrons. The molecule has 3 heteroatoms. The van der Waals surface area contributed by atoms with Crippen molar-refractivity contribution in [2.45, 2.75) is 38.1 Å². The second-order valence-electron chi connectivity index (χ2n) is 3.22. The Balaban J connectivity index is 3.33. The Morgan fingerprint density at radius 3 is 2.69 bits per heavy atom. The lowest BCUT2D eigenvalue weighted by Crippen LogP contribution is -2.35. The number of ether oxygens (including phenoxy) is 1. The van der Waals surface area contributed by atoms with E-state index in [1.807, 2.05) is 6.08 Å². The van der Waals surface area contributed by atoms with Gasteiger partial charge in [-0.25, -0.2) is 0 Å². The van der Waals surface area contributed by atoms with E-state index in [4.69, 9.17) is 10.6 Å². The lowest BCUT2D eigenvalue weighted by Gasteiger charge is -2.14. The largest absolute Gasteiger partial charge is 0.385 e. The van der Waals surface area contributed by atoms with E-state index in [2.05, 4.69) is 12.0 Å². The van der Waals surface area contributed by atoms with Gasteiger partial charge in [0.05, 0.1) is 0 Å². The summed E-state index contributed by atoms with van der Waals surface area (Å²) in [7, 11) is 1.72. The molecule has 3 nitrogen and oxygen atoms in total. The lowest BCUT2D eigenvalue weighted by atomic mass is 10.1. The van der Waals surface area contributed by atoms with Crippen molar-refractivity contribution in [1.29, 1.82) is 0 Å². The highest BCUT2D eigenvalue weighted by Gasteiger charge is 2.04. The summed E-state index contributed by atoms with van der Waals surface area (Å²) in [6, 6.07) is 0.426. The number of nitrogens with two attached hydrogens (primary N) is 1. The number of hydrazine groups is 1. The average molecular weight is 186 g/mol. The monoisotopic (exact) mass is 186 g/mol. The fraction of sp³-hybridized carbons (Fsp3) is 0.800. The van der Waals surface area contributed by atoms with E-state index < -0.39 is 0 Å². The van der Waals surface area contributed by atoms with Crippen LogP contribution in [-0.4, -0.2) is 19.8 Å². The number of allylic oxidation sites excluding steroid dienone is 1. The molecule has 0 saturated heterocycles. The minimum Gasteiger partial charge on any atom is -0.385 e. The zero-order chi connectivity index (χ0) is 9.94. The third-order valence-corrected chi connectivity index (χ3v) is 2.10. The highest BCUT2D eigenvalue weighted by molar-refractivity contribution is 4.69. The summed E-state index contributed by atoms with van der Waals surface area (Å²) in [6.45, 7) is 4.51. The third-order valence-electron chi connectivity index (χ3n) is 2.10. The van der Waals surface area contributed by atoms with Gasteiger partial charge in [0.1, 0.15) is 0 Å². The number of nitrogens with one attached hydrogen (secondary N) is 1. The van der Waals surface area contributed by atoms with E-state index in [1.165, 1.54) is 0 Å². The molecular weight excluding hydrogens is 164 g/mol. The number of hydrogen-bond acceptors (Lipinski definition) is 3. The van der Waals surface area contributed by atoms with E-state index in [0.717, 1.165) is 38.7 Å². The van der Waals surface area contributed by atoms with Crippen LogP contribution in [0.3, 0.4) is 0 Å². The van der Waals surface area contributed by atoms with Crippen LogP contribution in [0.5, 0.6) is 0 Å². The SMILES string of the molecule is C=CCCCC(CCCOC)NN. The lowest BCUT2D eigenvalue weighted by molar-refractivity contribution is 0.188. The number of rotatable bonds is 9. The highest BCUT2D eigenvalue weighted by Crippen LogP contribution is 2.06. The summed E-state index contributed by atoms with van der Waals surface area (Å²) in [6.07, 6.45) is 7.45. The molecule has 0 aromatic heterocycles. The minimum absolute atomic E-state index is 0.426. The van der Waals surface area contributed by atoms with E-state index in [-0.39, 0.29) is 0 Å². The second-order valence-corrected chi connectivity index (χ2v) is 3.22. The topological polar surface area (TPSA) is 47.3 Å². The Labute approximate surface area is 81.3 Å². The van der Waals surface area contributed by atoms with Crippen molar-refractivity contribution in [1.82, 2.24) is 5.43 Å². The first-order chi connectivity index (χ1) is 6.35. The van der Waals surface area contributed by atoms with E-state index >= 15 is 0 Å². The molecule has 0 rings (SSSR count). The van der Waals surface area contributed by atoms with Crippen LogP contribution in [-0.2, 0) is 4.74 Å². The Morgan fingerprint density at radius 1 is 1.46 bits per heavy atom. The molecule has 0 aromatic rings. The van der Waals surface area contributed by atoms with Gasteiger partial charge < -0.3 is 4.74 Å². The maximum Gasteiger partial charge on any atom is 0.0462 e. The van der Waals surface area contributed by atoms with Crippen molar-refractivity contribution in [3.8, 4) is 0 Å². The molecule has 78 valence electrons. The first-order valence-corrected chi connectivity index (χ1v) is 4.91. The van der Waals surface area contributed by atoms with Gasteiger partial charge in [-0.3, -0.25) is 11.3 Å². The van der Waals surface area contributed by atoms with Crippen molar-refractivity contribution >= 4 is 0 Å². The number of unbranched alkanes of at least 4 members (excludes halogenated alkanes) is 1. The maximum atomic E-state index is 5.42. The van der Waals surface area contributed by atoms with Crippen molar-refractivity contribution < 1.29 is 4.74 Å². The van der Waals surface area contributed by atoms with Crippen molar-refractivity contribution in [2.75, 3.05) is 13.7 Å². The van der Waals surface area contributed by atoms with E-state index in [9.17, 15) is 0 Å². The van der Waals surface area contributed by atoms with Crippen molar-refractivity contribution in [3.05, 3.63) is 12.7 Å². The van der Waals surface area contributed by atoms with Gasteiger partial charge in [0, 0.05) is 19.8 Å². The van der Waals surface area contributed by atoms with Gasteiger partial charge in [0.25, 0.3) is 0 Å². The molecular formula is C10H22N2O. The normalized spacial score (nSPS) is 12.8. The van der Waals surface area contributed by atoms with Crippen molar-refractivity contribution in [2.24, 2.45) is 5.84 Å². The van der Waals surface area contributed by atoms with Gasteiger partial charge in [-0.15, -0.1) is 6.58 Å². The Hall–Kier alpha value is -0.380. The Kier molecular flexibility index (Phi) is 9.42. The van der Waals surface area contributed by atoms with Crippen LogP contribution in [0.15, 0.2) is 12.7 Å². The molecule has 13 heavy (non-hydrogen) atoms. The smallest absolute Gasteiger partial charge is 0.0462 e. The molecule has 0 saturated carbocycles. The van der Waals surface area contributed by atoms with Crippen LogP contribution in [0.1, 0.15) is 32.1 Å². The number of hydrogen-bond donors (Lipinski definition) is 2.